The van der Waals surface area contributed by atoms with Crippen LogP contribution in [-0.4, -0.2) is 12.6 Å². The first kappa shape index (κ1) is 23.7. The number of aryl methyl sites for hydroxylation is 1. The minimum Gasteiger partial charge on any atom is -0.466 e. The summed E-state index contributed by atoms with van der Waals surface area (Å²) in [6.45, 7) is 2.88. The van der Waals surface area contributed by atoms with Crippen molar-refractivity contribution in [3.05, 3.63) is 35.9 Å². The molecule has 2 heteroatoms. The van der Waals surface area contributed by atoms with Crippen LogP contribution < -0.4 is 0 Å². The molecule has 154 valence electrons. The SMILES string of the molecule is CCCCCCCCCCCCCCOC(=O)CCCCc1ccccc1. The van der Waals surface area contributed by atoms with Gasteiger partial charge in [0.05, 0.1) is 6.61 Å². The highest BCUT2D eigenvalue weighted by Gasteiger charge is 2.02. The maximum Gasteiger partial charge on any atom is 0.305 e. The lowest BCUT2D eigenvalue weighted by Crippen LogP contribution is -2.05. The van der Waals surface area contributed by atoms with Crippen molar-refractivity contribution in [3.8, 4) is 0 Å². The maximum atomic E-state index is 11.7. The first-order valence-electron chi connectivity index (χ1n) is 11.5. The van der Waals surface area contributed by atoms with Crippen LogP contribution >= 0.6 is 0 Å². The summed E-state index contributed by atoms with van der Waals surface area (Å²) in [4.78, 5) is 11.7. The number of esters is 1. The van der Waals surface area contributed by atoms with Crippen molar-refractivity contribution in [2.75, 3.05) is 6.61 Å². The largest absolute Gasteiger partial charge is 0.466 e. The van der Waals surface area contributed by atoms with Gasteiger partial charge in [0.25, 0.3) is 0 Å². The minimum absolute atomic E-state index is 0.0221. The average molecular weight is 375 g/mol. The zero-order valence-electron chi connectivity index (χ0n) is 17.7. The van der Waals surface area contributed by atoms with Crippen molar-refractivity contribution in [1.82, 2.24) is 0 Å². The molecule has 0 aliphatic rings. The van der Waals surface area contributed by atoms with Crippen molar-refractivity contribution in [3.63, 3.8) is 0 Å². The third-order valence-corrected chi connectivity index (χ3v) is 5.20. The van der Waals surface area contributed by atoms with Crippen molar-refractivity contribution in [1.29, 1.82) is 0 Å². The molecule has 27 heavy (non-hydrogen) atoms. The van der Waals surface area contributed by atoms with Crippen LogP contribution in [0, 0.1) is 0 Å². The Morgan fingerprint density at radius 3 is 1.85 bits per heavy atom. The number of unbranched alkanes of at least 4 members (excludes halogenated alkanes) is 12. The van der Waals surface area contributed by atoms with E-state index >= 15 is 0 Å². The van der Waals surface area contributed by atoms with Gasteiger partial charge in [0.2, 0.25) is 0 Å². The van der Waals surface area contributed by atoms with Crippen LogP contribution in [0.25, 0.3) is 0 Å². The van der Waals surface area contributed by atoms with E-state index in [9.17, 15) is 4.79 Å². The fraction of sp³-hybridized carbons (Fsp3) is 0.720. The van der Waals surface area contributed by atoms with Gasteiger partial charge in [-0.2, -0.15) is 0 Å². The van der Waals surface area contributed by atoms with Crippen LogP contribution in [0.4, 0.5) is 0 Å². The van der Waals surface area contributed by atoms with Gasteiger partial charge in [0.15, 0.2) is 0 Å². The smallest absolute Gasteiger partial charge is 0.305 e. The molecule has 0 aliphatic carbocycles. The van der Waals surface area contributed by atoms with Crippen molar-refractivity contribution < 1.29 is 9.53 Å². The molecule has 0 N–H and O–H groups in total. The molecule has 0 radical (unpaired) electrons. The predicted octanol–water partition coefficient (Wildman–Crippen LogP) is 7.64. The molecule has 0 aliphatic heterocycles. The number of carbonyl (C=O) groups excluding carboxylic acids is 1. The molecule has 0 atom stereocenters. The number of carbonyl (C=O) groups is 1. The normalized spacial score (nSPS) is 10.9. The number of hydrogen-bond acceptors (Lipinski definition) is 2. The second kappa shape index (κ2) is 18.1. The molecule has 0 spiro atoms. The minimum atomic E-state index is -0.0221. The number of ether oxygens (including phenoxy) is 1. The van der Waals surface area contributed by atoms with Crippen LogP contribution in [0.3, 0.4) is 0 Å². The van der Waals surface area contributed by atoms with E-state index < -0.39 is 0 Å². The Hall–Kier alpha value is -1.31. The average Bonchev–Trinajstić information content (AvgIpc) is 2.69. The van der Waals surface area contributed by atoms with Crippen LogP contribution in [0.2, 0.25) is 0 Å². The van der Waals surface area contributed by atoms with Crippen LogP contribution in [0.5, 0.6) is 0 Å². The zero-order valence-corrected chi connectivity index (χ0v) is 17.7. The molecule has 0 saturated heterocycles. The van der Waals surface area contributed by atoms with Crippen LogP contribution in [0.1, 0.15) is 109 Å². The van der Waals surface area contributed by atoms with Gasteiger partial charge in [0.1, 0.15) is 0 Å². The van der Waals surface area contributed by atoms with Crippen molar-refractivity contribution in [2.45, 2.75) is 110 Å². The van der Waals surface area contributed by atoms with E-state index in [1.54, 1.807) is 0 Å². The Kier molecular flexibility index (Phi) is 15.9. The lowest BCUT2D eigenvalue weighted by Gasteiger charge is -2.05. The fourth-order valence-electron chi connectivity index (χ4n) is 3.44. The summed E-state index contributed by atoms with van der Waals surface area (Å²) in [6, 6.07) is 10.5. The van der Waals surface area contributed by atoms with Crippen molar-refractivity contribution in [2.24, 2.45) is 0 Å². The summed E-state index contributed by atoms with van der Waals surface area (Å²) < 4.78 is 5.35. The molecule has 0 bridgehead atoms. The third-order valence-electron chi connectivity index (χ3n) is 5.20. The number of rotatable bonds is 18. The third kappa shape index (κ3) is 15.4. The highest BCUT2D eigenvalue weighted by Crippen LogP contribution is 2.12. The Labute approximate surface area is 168 Å². The summed E-state index contributed by atoms with van der Waals surface area (Å²) in [5.74, 6) is -0.0221. The number of benzene rings is 1. The summed E-state index contributed by atoms with van der Waals surface area (Å²) in [5.41, 5.74) is 1.35. The van der Waals surface area contributed by atoms with E-state index in [1.807, 2.05) is 6.07 Å². The van der Waals surface area contributed by atoms with Gasteiger partial charge < -0.3 is 4.74 Å². The molecule has 0 heterocycles. The summed E-state index contributed by atoms with van der Waals surface area (Å²) in [6.07, 6.45) is 19.6. The van der Waals surface area contributed by atoms with Gasteiger partial charge in [-0.15, -0.1) is 0 Å². The number of hydrogen-bond donors (Lipinski definition) is 0. The van der Waals surface area contributed by atoms with Crippen LogP contribution in [0.15, 0.2) is 30.3 Å². The van der Waals surface area contributed by atoms with E-state index in [0.29, 0.717) is 13.0 Å². The summed E-state index contributed by atoms with van der Waals surface area (Å²) >= 11 is 0. The highest BCUT2D eigenvalue weighted by molar-refractivity contribution is 5.69. The van der Waals surface area contributed by atoms with Gasteiger partial charge in [-0.05, 0) is 31.2 Å². The molecule has 0 aromatic heterocycles. The Balaban J connectivity index is 1.78. The molecular formula is C25H42O2. The highest BCUT2D eigenvalue weighted by atomic mass is 16.5. The maximum absolute atomic E-state index is 11.7. The predicted molar refractivity (Wildman–Crippen MR) is 116 cm³/mol. The summed E-state index contributed by atoms with van der Waals surface area (Å²) in [7, 11) is 0. The second-order valence-electron chi connectivity index (χ2n) is 7.80. The zero-order chi connectivity index (χ0) is 19.4. The van der Waals surface area contributed by atoms with E-state index in [2.05, 4.69) is 31.2 Å². The molecule has 1 aromatic carbocycles. The standard InChI is InChI=1S/C25H42O2/c1-2-3-4-5-6-7-8-9-10-11-12-18-23-27-25(26)22-17-16-21-24-19-14-13-15-20-24/h13-15,19-20H,2-12,16-18,21-23H2,1H3. The Morgan fingerprint density at radius 2 is 1.26 bits per heavy atom. The fourth-order valence-corrected chi connectivity index (χ4v) is 3.44. The second-order valence-corrected chi connectivity index (χ2v) is 7.80. The van der Waals surface area contributed by atoms with Crippen LogP contribution in [-0.2, 0) is 16.0 Å². The summed E-state index contributed by atoms with van der Waals surface area (Å²) in [5, 5.41) is 0. The Bertz CT molecular complexity index is 441. The van der Waals surface area contributed by atoms with Gasteiger partial charge >= 0.3 is 5.97 Å². The topological polar surface area (TPSA) is 26.3 Å². The molecule has 0 amide bonds. The van der Waals surface area contributed by atoms with E-state index in [-0.39, 0.29) is 5.97 Å². The van der Waals surface area contributed by atoms with E-state index in [0.717, 1.165) is 25.7 Å². The van der Waals surface area contributed by atoms with Gasteiger partial charge in [-0.1, -0.05) is 108 Å². The molecule has 0 saturated carbocycles. The lowest BCUT2D eigenvalue weighted by atomic mass is 10.1. The molecule has 0 fully saturated rings. The lowest BCUT2D eigenvalue weighted by molar-refractivity contribution is -0.143. The van der Waals surface area contributed by atoms with Gasteiger partial charge in [-0.25, -0.2) is 0 Å². The van der Waals surface area contributed by atoms with E-state index in [1.165, 1.54) is 76.2 Å². The monoisotopic (exact) mass is 374 g/mol. The van der Waals surface area contributed by atoms with Gasteiger partial charge in [0, 0.05) is 6.42 Å². The van der Waals surface area contributed by atoms with Gasteiger partial charge in [-0.3, -0.25) is 4.79 Å². The molecule has 0 unspecified atom stereocenters. The Morgan fingerprint density at radius 1 is 0.704 bits per heavy atom. The van der Waals surface area contributed by atoms with Crippen molar-refractivity contribution >= 4 is 5.97 Å². The van der Waals surface area contributed by atoms with E-state index in [4.69, 9.17) is 4.74 Å². The molecular weight excluding hydrogens is 332 g/mol. The molecule has 2 nitrogen and oxygen atoms in total. The molecule has 1 aromatic rings. The first-order chi connectivity index (χ1) is 13.3. The molecule has 1 rings (SSSR count). The quantitative estimate of drug-likeness (QED) is 0.195. The first-order valence-corrected chi connectivity index (χ1v) is 11.5.